The fraction of sp³-hybridized carbons (Fsp3) is 0.467. The third-order valence-electron chi connectivity index (χ3n) is 3.59. The summed E-state index contributed by atoms with van der Waals surface area (Å²) in [5.41, 5.74) is 9.00. The summed E-state index contributed by atoms with van der Waals surface area (Å²) in [6, 6.07) is 3.81. The molecule has 1 heterocycles. The monoisotopic (exact) mass is 290 g/mol. The first-order valence-corrected chi connectivity index (χ1v) is 7.25. The molecule has 5 N–H and O–H groups in total. The van der Waals surface area contributed by atoms with E-state index in [9.17, 15) is 9.59 Å². The van der Waals surface area contributed by atoms with Crippen molar-refractivity contribution in [3.05, 3.63) is 17.7 Å². The summed E-state index contributed by atoms with van der Waals surface area (Å²) in [6.45, 7) is 4.51. The van der Waals surface area contributed by atoms with Crippen LogP contribution in [0.1, 0.15) is 32.3 Å². The quantitative estimate of drug-likeness (QED) is 0.597. The lowest BCUT2D eigenvalue weighted by Gasteiger charge is -2.13. The van der Waals surface area contributed by atoms with Crippen LogP contribution < -0.4 is 21.7 Å². The first-order valence-electron chi connectivity index (χ1n) is 7.25. The van der Waals surface area contributed by atoms with Gasteiger partial charge in [0.25, 0.3) is 0 Å². The minimum Gasteiger partial charge on any atom is -0.397 e. The molecule has 1 aromatic carbocycles. The Morgan fingerprint density at radius 1 is 1.48 bits per heavy atom. The van der Waals surface area contributed by atoms with Gasteiger partial charge in [0.2, 0.25) is 11.8 Å². The smallest absolute Gasteiger partial charge is 0.228 e. The molecule has 0 fully saturated rings. The zero-order valence-corrected chi connectivity index (χ0v) is 12.5. The highest BCUT2D eigenvalue weighted by atomic mass is 16.2. The molecule has 0 spiro atoms. The highest BCUT2D eigenvalue weighted by Gasteiger charge is 2.19. The van der Waals surface area contributed by atoms with Crippen molar-refractivity contribution in [1.29, 1.82) is 0 Å². The molecule has 114 valence electrons. The van der Waals surface area contributed by atoms with Gasteiger partial charge in [-0.05, 0) is 31.0 Å². The van der Waals surface area contributed by atoms with Crippen LogP contribution in [0.5, 0.6) is 0 Å². The predicted molar refractivity (Wildman–Crippen MR) is 84.2 cm³/mol. The molecule has 6 heteroatoms. The maximum atomic E-state index is 11.7. The van der Waals surface area contributed by atoms with E-state index < -0.39 is 0 Å². The summed E-state index contributed by atoms with van der Waals surface area (Å²) in [6.07, 6.45) is 1.67. The number of nitrogen functional groups attached to an aromatic ring is 1. The van der Waals surface area contributed by atoms with Crippen molar-refractivity contribution in [2.45, 2.75) is 39.2 Å². The van der Waals surface area contributed by atoms with Crippen molar-refractivity contribution in [2.24, 2.45) is 0 Å². The molecule has 6 nitrogen and oxygen atoms in total. The first kappa shape index (κ1) is 15.2. The summed E-state index contributed by atoms with van der Waals surface area (Å²) in [4.78, 5) is 23.0. The van der Waals surface area contributed by atoms with E-state index in [0.29, 0.717) is 25.1 Å². The Morgan fingerprint density at radius 2 is 2.24 bits per heavy atom. The fourth-order valence-electron chi connectivity index (χ4n) is 2.21. The Hall–Kier alpha value is -2.24. The Morgan fingerprint density at radius 3 is 2.95 bits per heavy atom. The molecular weight excluding hydrogens is 268 g/mol. The topological polar surface area (TPSA) is 96.2 Å². The molecule has 0 aliphatic carbocycles. The highest BCUT2D eigenvalue weighted by Crippen LogP contribution is 2.31. The number of nitrogens with two attached hydrogens (primary N) is 1. The molecule has 1 atom stereocenters. The Bertz CT molecular complexity index is 557. The zero-order chi connectivity index (χ0) is 15.4. The van der Waals surface area contributed by atoms with Gasteiger partial charge in [-0.1, -0.05) is 6.92 Å². The minimum absolute atomic E-state index is 0.0184. The van der Waals surface area contributed by atoms with E-state index in [1.165, 1.54) is 0 Å². The average Bonchev–Trinajstić information content (AvgIpc) is 2.77. The standard InChI is InChI=1S/C15H22N4O2/c1-3-9(2)18-14(20)4-5-17-13-8-12-10(6-11(13)16)7-15(21)19-12/h6,8-9,17H,3-5,7,16H2,1-2H3,(H,18,20)(H,19,21). The maximum absolute atomic E-state index is 11.7. The van der Waals surface area contributed by atoms with Crippen molar-refractivity contribution < 1.29 is 9.59 Å². The molecule has 0 radical (unpaired) electrons. The molecule has 0 aromatic heterocycles. The normalized spacial score (nSPS) is 14.3. The van der Waals surface area contributed by atoms with E-state index in [0.717, 1.165) is 23.4 Å². The molecule has 1 aromatic rings. The van der Waals surface area contributed by atoms with E-state index in [1.807, 2.05) is 19.9 Å². The molecule has 0 bridgehead atoms. The summed E-state index contributed by atoms with van der Waals surface area (Å²) in [5.74, 6) is -0.000588. The lowest BCUT2D eigenvalue weighted by molar-refractivity contribution is -0.121. The van der Waals surface area contributed by atoms with Crippen LogP contribution in [-0.2, 0) is 16.0 Å². The molecule has 1 aliphatic heterocycles. The number of amides is 2. The van der Waals surface area contributed by atoms with Crippen molar-refractivity contribution in [2.75, 3.05) is 22.9 Å². The van der Waals surface area contributed by atoms with Gasteiger partial charge in [-0.25, -0.2) is 0 Å². The van der Waals surface area contributed by atoms with Gasteiger partial charge in [0.05, 0.1) is 17.8 Å². The van der Waals surface area contributed by atoms with Crippen LogP contribution in [0.3, 0.4) is 0 Å². The fourth-order valence-corrected chi connectivity index (χ4v) is 2.21. The first-order chi connectivity index (χ1) is 9.99. The van der Waals surface area contributed by atoms with Crippen molar-refractivity contribution in [1.82, 2.24) is 5.32 Å². The SMILES string of the molecule is CCC(C)NC(=O)CCNc1cc2c(cc1N)CC(=O)N2. The molecule has 1 unspecified atom stereocenters. The van der Waals surface area contributed by atoms with Crippen LogP contribution in [-0.4, -0.2) is 24.4 Å². The molecule has 0 saturated carbocycles. The van der Waals surface area contributed by atoms with Crippen molar-refractivity contribution in [3.8, 4) is 0 Å². The number of hydrogen-bond donors (Lipinski definition) is 4. The van der Waals surface area contributed by atoms with E-state index in [-0.39, 0.29) is 17.9 Å². The van der Waals surface area contributed by atoms with Gasteiger partial charge < -0.3 is 21.7 Å². The number of carbonyl (C=O) groups is 2. The zero-order valence-electron chi connectivity index (χ0n) is 12.5. The van der Waals surface area contributed by atoms with Gasteiger partial charge in [-0.2, -0.15) is 0 Å². The Labute approximate surface area is 124 Å². The number of rotatable bonds is 6. The summed E-state index contributed by atoms with van der Waals surface area (Å²) in [7, 11) is 0. The lowest BCUT2D eigenvalue weighted by Crippen LogP contribution is -2.33. The van der Waals surface area contributed by atoms with E-state index >= 15 is 0 Å². The minimum atomic E-state index is -0.0190. The number of hydrogen-bond acceptors (Lipinski definition) is 4. The number of anilines is 3. The number of fused-ring (bicyclic) bond motifs is 1. The van der Waals surface area contributed by atoms with Gasteiger partial charge in [0, 0.05) is 24.7 Å². The Kier molecular flexibility index (Phi) is 4.67. The van der Waals surface area contributed by atoms with Crippen LogP contribution in [0.25, 0.3) is 0 Å². The van der Waals surface area contributed by atoms with Crippen LogP contribution in [0.4, 0.5) is 17.1 Å². The van der Waals surface area contributed by atoms with E-state index in [1.54, 1.807) is 6.07 Å². The second-order valence-corrected chi connectivity index (χ2v) is 5.38. The number of nitrogens with one attached hydrogen (secondary N) is 3. The molecule has 21 heavy (non-hydrogen) atoms. The highest BCUT2D eigenvalue weighted by molar-refractivity contribution is 6.00. The van der Waals surface area contributed by atoms with Gasteiger partial charge in [0.15, 0.2) is 0 Å². The van der Waals surface area contributed by atoms with E-state index in [2.05, 4.69) is 16.0 Å². The second-order valence-electron chi connectivity index (χ2n) is 5.38. The van der Waals surface area contributed by atoms with Crippen LogP contribution in [0.2, 0.25) is 0 Å². The summed E-state index contributed by atoms with van der Waals surface area (Å²) in [5, 5.41) is 8.84. The molecular formula is C15H22N4O2. The van der Waals surface area contributed by atoms with Crippen LogP contribution >= 0.6 is 0 Å². The molecule has 1 aliphatic rings. The van der Waals surface area contributed by atoms with Crippen LogP contribution in [0, 0.1) is 0 Å². The Balaban J connectivity index is 1.88. The summed E-state index contributed by atoms with van der Waals surface area (Å²) < 4.78 is 0. The number of carbonyl (C=O) groups excluding carboxylic acids is 2. The van der Waals surface area contributed by atoms with Gasteiger partial charge >= 0.3 is 0 Å². The van der Waals surface area contributed by atoms with Crippen molar-refractivity contribution in [3.63, 3.8) is 0 Å². The maximum Gasteiger partial charge on any atom is 0.228 e. The largest absolute Gasteiger partial charge is 0.397 e. The van der Waals surface area contributed by atoms with E-state index in [4.69, 9.17) is 5.73 Å². The van der Waals surface area contributed by atoms with Gasteiger partial charge in [-0.3, -0.25) is 9.59 Å². The number of benzene rings is 1. The average molecular weight is 290 g/mol. The van der Waals surface area contributed by atoms with Crippen molar-refractivity contribution >= 4 is 28.9 Å². The summed E-state index contributed by atoms with van der Waals surface area (Å²) >= 11 is 0. The van der Waals surface area contributed by atoms with Gasteiger partial charge in [-0.15, -0.1) is 0 Å². The predicted octanol–water partition coefficient (Wildman–Crippen LogP) is 1.48. The molecule has 2 amide bonds. The molecule has 0 saturated heterocycles. The second kappa shape index (κ2) is 6.47. The van der Waals surface area contributed by atoms with Gasteiger partial charge in [0.1, 0.15) is 0 Å². The molecule has 2 rings (SSSR count). The lowest BCUT2D eigenvalue weighted by atomic mass is 10.1. The third-order valence-corrected chi connectivity index (χ3v) is 3.59. The van der Waals surface area contributed by atoms with Crippen LogP contribution in [0.15, 0.2) is 12.1 Å². The third kappa shape index (κ3) is 3.87.